The van der Waals surface area contributed by atoms with Gasteiger partial charge in [-0.3, -0.25) is 4.79 Å². The van der Waals surface area contributed by atoms with Crippen molar-refractivity contribution < 1.29 is 4.79 Å². The van der Waals surface area contributed by atoms with Gasteiger partial charge in [0.25, 0.3) is 0 Å². The van der Waals surface area contributed by atoms with Gasteiger partial charge >= 0.3 is 0 Å². The molecule has 2 rings (SSSR count). The molecule has 1 aromatic heterocycles. The van der Waals surface area contributed by atoms with Crippen LogP contribution in [-0.4, -0.2) is 15.8 Å². The highest BCUT2D eigenvalue weighted by atomic mass is 16.1. The number of fused-ring (bicyclic) bond motifs is 1. The predicted octanol–water partition coefficient (Wildman–Crippen LogP) is 1.67. The van der Waals surface area contributed by atoms with E-state index >= 15 is 0 Å². The first-order chi connectivity index (χ1) is 6.26. The summed E-state index contributed by atoms with van der Waals surface area (Å²) >= 11 is 0. The Hall–Kier alpha value is -1.64. The van der Waals surface area contributed by atoms with Gasteiger partial charge in [0.1, 0.15) is 11.5 Å². The molecule has 13 heavy (non-hydrogen) atoms. The van der Waals surface area contributed by atoms with Gasteiger partial charge in [-0.15, -0.1) is 0 Å². The van der Waals surface area contributed by atoms with Crippen LogP contribution in [-0.2, 0) is 6.54 Å². The summed E-state index contributed by atoms with van der Waals surface area (Å²) in [5.41, 5.74) is 2.59. The lowest BCUT2D eigenvalue weighted by atomic mass is 10.1. The molecule has 3 heteroatoms. The van der Waals surface area contributed by atoms with E-state index in [2.05, 4.69) is 11.6 Å². The van der Waals surface area contributed by atoms with Gasteiger partial charge in [-0.2, -0.15) is 0 Å². The van der Waals surface area contributed by atoms with Crippen molar-refractivity contribution in [1.82, 2.24) is 9.55 Å². The summed E-state index contributed by atoms with van der Waals surface area (Å²) in [7, 11) is 0. The second kappa shape index (κ2) is 2.69. The van der Waals surface area contributed by atoms with Crippen LogP contribution in [0.2, 0.25) is 0 Å². The second-order valence-electron chi connectivity index (χ2n) is 3.04. The lowest BCUT2D eigenvalue weighted by molar-refractivity contribution is 0.111. The van der Waals surface area contributed by atoms with E-state index in [1.807, 2.05) is 17.6 Å². The van der Waals surface area contributed by atoms with Crippen molar-refractivity contribution in [1.29, 1.82) is 0 Å². The van der Waals surface area contributed by atoms with Gasteiger partial charge in [0.2, 0.25) is 0 Å². The molecule has 0 radical (unpaired) electrons. The van der Waals surface area contributed by atoms with Crippen LogP contribution in [0.15, 0.2) is 24.4 Å². The molecule has 1 aliphatic rings. The molecule has 0 unspecified atom stereocenters. The van der Waals surface area contributed by atoms with Crippen molar-refractivity contribution in [2.75, 3.05) is 0 Å². The molecule has 0 aliphatic carbocycles. The molecule has 0 amide bonds. The van der Waals surface area contributed by atoms with E-state index in [9.17, 15) is 4.79 Å². The second-order valence-corrected chi connectivity index (χ2v) is 3.04. The van der Waals surface area contributed by atoms with Crippen LogP contribution < -0.4 is 0 Å². The maximum absolute atomic E-state index is 10.5. The predicted molar refractivity (Wildman–Crippen MR) is 50.4 cm³/mol. The summed E-state index contributed by atoms with van der Waals surface area (Å²) in [6, 6.07) is 0. The largest absolute Gasteiger partial charge is 0.326 e. The molecule has 0 fully saturated rings. The number of nitrogens with zero attached hydrogens (tertiary/aromatic N) is 2. The van der Waals surface area contributed by atoms with Crippen LogP contribution in [0.4, 0.5) is 0 Å². The fourth-order valence-electron chi connectivity index (χ4n) is 1.61. The molecule has 0 spiro atoms. The Labute approximate surface area is 76.4 Å². The van der Waals surface area contributed by atoms with E-state index in [4.69, 9.17) is 0 Å². The molecule has 0 saturated carbocycles. The molecule has 3 nitrogen and oxygen atoms in total. The fourth-order valence-corrected chi connectivity index (χ4v) is 1.61. The number of carbonyl (C=O) groups excluding carboxylic acids is 1. The number of hydrogen-bond donors (Lipinski definition) is 0. The SMILES string of the molecule is C=C1Cn2cc(C=O)nc2C1=CC. The van der Waals surface area contributed by atoms with Crippen LogP contribution >= 0.6 is 0 Å². The number of carbonyl (C=O) groups is 1. The highest BCUT2D eigenvalue weighted by Gasteiger charge is 2.21. The lowest BCUT2D eigenvalue weighted by Gasteiger charge is -1.93. The van der Waals surface area contributed by atoms with Gasteiger partial charge in [0.15, 0.2) is 6.29 Å². The quantitative estimate of drug-likeness (QED) is 0.607. The van der Waals surface area contributed by atoms with E-state index in [0.29, 0.717) is 5.69 Å². The molecule has 0 bridgehead atoms. The summed E-state index contributed by atoms with van der Waals surface area (Å²) < 4.78 is 1.95. The minimum absolute atomic E-state index is 0.488. The lowest BCUT2D eigenvalue weighted by Crippen LogP contribution is -1.88. The molecule has 66 valence electrons. The molecule has 0 N–H and O–H groups in total. The molecule has 0 aromatic carbocycles. The minimum atomic E-state index is 0.488. The number of aromatic nitrogens is 2. The fraction of sp³-hybridized carbons (Fsp3) is 0.200. The standard InChI is InChI=1S/C10H10N2O/c1-3-9-7(2)4-12-5-8(6-13)11-10(9)12/h3,5-6H,2,4H2,1H3. The molecule has 1 aliphatic heterocycles. The number of imidazole rings is 1. The Morgan fingerprint density at radius 1 is 1.69 bits per heavy atom. The Kier molecular flexibility index (Phi) is 1.65. The van der Waals surface area contributed by atoms with Crippen molar-refractivity contribution in [2.45, 2.75) is 13.5 Å². The number of rotatable bonds is 1. The first kappa shape index (κ1) is 7.98. The summed E-state index contributed by atoms with van der Waals surface area (Å²) in [5.74, 6) is 0.856. The van der Waals surface area contributed by atoms with E-state index in [-0.39, 0.29) is 0 Å². The average molecular weight is 174 g/mol. The van der Waals surface area contributed by atoms with Gasteiger partial charge < -0.3 is 4.57 Å². The van der Waals surface area contributed by atoms with Crippen LogP contribution in [0.25, 0.3) is 5.57 Å². The molecule has 0 atom stereocenters. The third-order valence-corrected chi connectivity index (χ3v) is 2.19. The Balaban J connectivity index is 2.56. The van der Waals surface area contributed by atoms with Gasteiger partial charge in [0, 0.05) is 18.3 Å². The van der Waals surface area contributed by atoms with Crippen molar-refractivity contribution >= 4 is 11.9 Å². The van der Waals surface area contributed by atoms with Crippen molar-refractivity contribution in [2.24, 2.45) is 0 Å². The zero-order valence-corrected chi connectivity index (χ0v) is 7.45. The van der Waals surface area contributed by atoms with Gasteiger partial charge in [-0.1, -0.05) is 12.7 Å². The third kappa shape index (κ3) is 1.04. The summed E-state index contributed by atoms with van der Waals surface area (Å²) in [6.07, 6.45) is 4.49. The topological polar surface area (TPSA) is 34.9 Å². The Morgan fingerprint density at radius 2 is 2.46 bits per heavy atom. The molecular weight excluding hydrogens is 164 g/mol. The van der Waals surface area contributed by atoms with Gasteiger partial charge in [0.05, 0.1) is 0 Å². The minimum Gasteiger partial charge on any atom is -0.326 e. The maximum atomic E-state index is 10.5. The normalized spacial score (nSPS) is 17.9. The Bertz CT molecular complexity index is 413. The zero-order valence-electron chi connectivity index (χ0n) is 7.45. The summed E-state index contributed by atoms with van der Waals surface area (Å²) in [5, 5.41) is 0. The molecule has 0 saturated heterocycles. The summed E-state index contributed by atoms with van der Waals surface area (Å²) in [6.45, 7) is 6.63. The maximum Gasteiger partial charge on any atom is 0.170 e. The number of allylic oxidation sites excluding steroid dienone is 3. The molecule has 2 heterocycles. The molecular formula is C10H10N2O. The van der Waals surface area contributed by atoms with E-state index in [1.54, 1.807) is 6.20 Å². The van der Waals surface area contributed by atoms with Crippen LogP contribution in [0, 0.1) is 0 Å². The van der Waals surface area contributed by atoms with Crippen molar-refractivity contribution in [3.05, 3.63) is 35.9 Å². The first-order valence-electron chi connectivity index (χ1n) is 4.13. The smallest absolute Gasteiger partial charge is 0.170 e. The van der Waals surface area contributed by atoms with E-state index < -0.39 is 0 Å². The van der Waals surface area contributed by atoms with Gasteiger partial charge in [-0.25, -0.2) is 4.98 Å². The summed E-state index contributed by atoms with van der Waals surface area (Å²) in [4.78, 5) is 14.6. The molecule has 1 aromatic rings. The highest BCUT2D eigenvalue weighted by molar-refractivity contribution is 5.80. The zero-order chi connectivity index (χ0) is 9.42. The highest BCUT2D eigenvalue weighted by Crippen LogP contribution is 2.29. The van der Waals surface area contributed by atoms with Crippen LogP contribution in [0.1, 0.15) is 23.2 Å². The van der Waals surface area contributed by atoms with Crippen LogP contribution in [0.5, 0.6) is 0 Å². The van der Waals surface area contributed by atoms with Gasteiger partial charge in [-0.05, 0) is 12.5 Å². The Morgan fingerprint density at radius 3 is 3.08 bits per heavy atom. The average Bonchev–Trinajstić information content (AvgIpc) is 2.60. The third-order valence-electron chi connectivity index (χ3n) is 2.19. The number of aldehydes is 1. The number of hydrogen-bond acceptors (Lipinski definition) is 2. The van der Waals surface area contributed by atoms with Crippen molar-refractivity contribution in [3.63, 3.8) is 0 Å². The van der Waals surface area contributed by atoms with E-state index in [1.165, 1.54) is 0 Å². The van der Waals surface area contributed by atoms with E-state index in [0.717, 1.165) is 29.8 Å². The monoisotopic (exact) mass is 174 g/mol. The van der Waals surface area contributed by atoms with Crippen molar-refractivity contribution in [3.8, 4) is 0 Å². The first-order valence-corrected chi connectivity index (χ1v) is 4.13. The van der Waals surface area contributed by atoms with Crippen LogP contribution in [0.3, 0.4) is 0 Å².